The van der Waals surface area contributed by atoms with Crippen molar-refractivity contribution in [2.24, 2.45) is 0 Å². The molecule has 0 unspecified atom stereocenters. The normalized spacial score (nSPS) is 11.3. The van der Waals surface area contributed by atoms with Crippen LogP contribution in [0.15, 0.2) is 35.1 Å². The second-order valence-electron chi connectivity index (χ2n) is 3.71. The van der Waals surface area contributed by atoms with Crippen molar-refractivity contribution in [3.8, 4) is 11.3 Å². The SMILES string of the molecule is CS(=O)(=O)NC(=O)c1ncoc1-c1ccccc1Cl. The summed E-state index contributed by atoms with van der Waals surface area (Å²) in [6.45, 7) is 0. The number of amides is 1. The van der Waals surface area contributed by atoms with Gasteiger partial charge in [-0.05, 0) is 12.1 Å². The number of nitrogens with one attached hydrogen (secondary N) is 1. The Morgan fingerprint density at radius 1 is 1.37 bits per heavy atom. The van der Waals surface area contributed by atoms with Gasteiger partial charge in [0.15, 0.2) is 17.8 Å². The van der Waals surface area contributed by atoms with E-state index in [2.05, 4.69) is 4.98 Å². The zero-order valence-corrected chi connectivity index (χ0v) is 11.3. The number of sulfonamides is 1. The number of aromatic nitrogens is 1. The summed E-state index contributed by atoms with van der Waals surface area (Å²) in [5.74, 6) is -0.752. The maximum absolute atomic E-state index is 11.8. The van der Waals surface area contributed by atoms with Crippen molar-refractivity contribution >= 4 is 27.5 Å². The van der Waals surface area contributed by atoms with E-state index in [0.717, 1.165) is 12.6 Å². The van der Waals surface area contributed by atoms with E-state index in [4.69, 9.17) is 16.0 Å². The van der Waals surface area contributed by atoms with Crippen molar-refractivity contribution < 1.29 is 17.6 Å². The van der Waals surface area contributed by atoms with Crippen LogP contribution in [0, 0.1) is 0 Å². The lowest BCUT2D eigenvalue weighted by Gasteiger charge is -2.03. The van der Waals surface area contributed by atoms with Crippen LogP contribution in [0.1, 0.15) is 10.5 Å². The third-order valence-corrected chi connectivity index (χ3v) is 3.06. The van der Waals surface area contributed by atoms with Gasteiger partial charge in [0.25, 0.3) is 5.91 Å². The first-order valence-electron chi connectivity index (χ1n) is 5.09. The number of oxazole rings is 1. The third-order valence-electron chi connectivity index (χ3n) is 2.18. The van der Waals surface area contributed by atoms with Crippen LogP contribution in [-0.4, -0.2) is 25.6 Å². The third kappa shape index (κ3) is 3.12. The van der Waals surface area contributed by atoms with E-state index in [9.17, 15) is 13.2 Å². The summed E-state index contributed by atoms with van der Waals surface area (Å²) >= 11 is 5.99. The van der Waals surface area contributed by atoms with Crippen LogP contribution in [-0.2, 0) is 10.0 Å². The predicted octanol–water partition coefficient (Wildman–Crippen LogP) is 1.68. The molecule has 0 saturated heterocycles. The molecule has 1 heterocycles. The Bertz CT molecular complexity index is 724. The highest BCUT2D eigenvalue weighted by atomic mass is 35.5. The zero-order chi connectivity index (χ0) is 14.0. The molecule has 1 aromatic carbocycles. The largest absolute Gasteiger partial charge is 0.443 e. The maximum atomic E-state index is 11.8. The predicted molar refractivity (Wildman–Crippen MR) is 69.3 cm³/mol. The molecule has 0 atom stereocenters. The summed E-state index contributed by atoms with van der Waals surface area (Å²) in [6.07, 6.45) is 1.93. The van der Waals surface area contributed by atoms with E-state index in [1.807, 2.05) is 4.72 Å². The van der Waals surface area contributed by atoms with Crippen molar-refractivity contribution in [2.75, 3.05) is 6.26 Å². The lowest BCUT2D eigenvalue weighted by molar-refractivity contribution is 0.0977. The number of hydrogen-bond donors (Lipinski definition) is 1. The molecule has 0 aliphatic rings. The fraction of sp³-hybridized carbons (Fsp3) is 0.0909. The fourth-order valence-corrected chi connectivity index (χ4v) is 2.12. The standard InChI is InChI=1S/C11H9ClN2O4S/c1-19(16,17)14-11(15)9-10(18-6-13-9)7-4-2-3-5-8(7)12/h2-6H,1H3,(H,14,15). The van der Waals surface area contributed by atoms with E-state index < -0.39 is 15.9 Å². The first-order valence-corrected chi connectivity index (χ1v) is 7.36. The quantitative estimate of drug-likeness (QED) is 0.931. The lowest BCUT2D eigenvalue weighted by atomic mass is 10.1. The van der Waals surface area contributed by atoms with Crippen LogP contribution in [0.5, 0.6) is 0 Å². The molecule has 0 aliphatic heterocycles. The van der Waals surface area contributed by atoms with Gasteiger partial charge in [0, 0.05) is 5.56 Å². The highest BCUT2D eigenvalue weighted by Crippen LogP contribution is 2.29. The van der Waals surface area contributed by atoms with Gasteiger partial charge in [-0.1, -0.05) is 23.7 Å². The minimum atomic E-state index is -3.67. The van der Waals surface area contributed by atoms with Crippen LogP contribution >= 0.6 is 11.6 Å². The second-order valence-corrected chi connectivity index (χ2v) is 5.87. The monoisotopic (exact) mass is 300 g/mol. The van der Waals surface area contributed by atoms with E-state index in [0.29, 0.717) is 10.6 Å². The lowest BCUT2D eigenvalue weighted by Crippen LogP contribution is -2.29. The highest BCUT2D eigenvalue weighted by Gasteiger charge is 2.22. The number of hydrogen-bond acceptors (Lipinski definition) is 5. The molecule has 6 nitrogen and oxygen atoms in total. The average molecular weight is 301 g/mol. The first-order chi connectivity index (χ1) is 8.88. The van der Waals surface area contributed by atoms with Gasteiger partial charge in [0.05, 0.1) is 11.3 Å². The molecule has 2 rings (SSSR count). The first kappa shape index (κ1) is 13.6. The molecule has 0 saturated carbocycles. The summed E-state index contributed by atoms with van der Waals surface area (Å²) in [5, 5.41) is 0.368. The van der Waals surface area contributed by atoms with E-state index in [1.54, 1.807) is 24.3 Å². The fourth-order valence-electron chi connectivity index (χ4n) is 1.46. The van der Waals surface area contributed by atoms with Crippen LogP contribution < -0.4 is 4.72 Å². The molecule has 0 fully saturated rings. The van der Waals surface area contributed by atoms with Gasteiger partial charge < -0.3 is 4.42 Å². The zero-order valence-electron chi connectivity index (χ0n) is 9.75. The Labute approximate surface area is 114 Å². The average Bonchev–Trinajstić information content (AvgIpc) is 2.76. The Morgan fingerprint density at radius 3 is 2.68 bits per heavy atom. The van der Waals surface area contributed by atoms with Gasteiger partial charge in [0.2, 0.25) is 10.0 Å². The van der Waals surface area contributed by atoms with Crippen molar-refractivity contribution in [3.63, 3.8) is 0 Å². The van der Waals surface area contributed by atoms with Gasteiger partial charge in [-0.25, -0.2) is 18.1 Å². The highest BCUT2D eigenvalue weighted by molar-refractivity contribution is 7.89. The number of carbonyl (C=O) groups is 1. The Balaban J connectivity index is 2.44. The summed E-state index contributed by atoms with van der Waals surface area (Å²) in [4.78, 5) is 15.5. The molecule has 0 bridgehead atoms. The van der Waals surface area contributed by atoms with Crippen LogP contribution in [0.3, 0.4) is 0 Å². The molecule has 8 heteroatoms. The van der Waals surface area contributed by atoms with Crippen molar-refractivity contribution in [1.29, 1.82) is 0 Å². The smallest absolute Gasteiger partial charge is 0.287 e. The molecule has 19 heavy (non-hydrogen) atoms. The Hall–Kier alpha value is -1.86. The number of rotatable bonds is 3. The number of carbonyl (C=O) groups excluding carboxylic acids is 1. The second kappa shape index (κ2) is 5.02. The molecular formula is C11H9ClN2O4S. The minimum absolute atomic E-state index is 0.117. The molecule has 2 aromatic rings. The van der Waals surface area contributed by atoms with Gasteiger partial charge in [0.1, 0.15) is 0 Å². The van der Waals surface area contributed by atoms with Gasteiger partial charge >= 0.3 is 0 Å². The molecule has 0 aliphatic carbocycles. The summed E-state index contributed by atoms with van der Waals surface area (Å²) < 4.78 is 29.0. The molecule has 1 amide bonds. The molecule has 0 radical (unpaired) electrons. The Morgan fingerprint density at radius 2 is 2.05 bits per heavy atom. The summed E-state index contributed by atoms with van der Waals surface area (Å²) in [7, 11) is -3.67. The van der Waals surface area contributed by atoms with E-state index >= 15 is 0 Å². The topological polar surface area (TPSA) is 89.3 Å². The van der Waals surface area contributed by atoms with Gasteiger partial charge in [-0.15, -0.1) is 0 Å². The van der Waals surface area contributed by atoms with Crippen molar-refractivity contribution in [1.82, 2.24) is 9.71 Å². The summed E-state index contributed by atoms with van der Waals surface area (Å²) in [5.41, 5.74) is 0.318. The van der Waals surface area contributed by atoms with Gasteiger partial charge in [-0.2, -0.15) is 0 Å². The molecular weight excluding hydrogens is 292 g/mol. The number of benzene rings is 1. The minimum Gasteiger partial charge on any atom is -0.443 e. The van der Waals surface area contributed by atoms with Crippen LogP contribution in [0.4, 0.5) is 0 Å². The van der Waals surface area contributed by atoms with E-state index in [-0.39, 0.29) is 11.5 Å². The molecule has 1 aromatic heterocycles. The maximum Gasteiger partial charge on any atom is 0.287 e. The van der Waals surface area contributed by atoms with Crippen molar-refractivity contribution in [2.45, 2.75) is 0 Å². The number of nitrogens with zero attached hydrogens (tertiary/aromatic N) is 1. The number of halogens is 1. The van der Waals surface area contributed by atoms with E-state index in [1.165, 1.54) is 0 Å². The molecule has 0 spiro atoms. The molecule has 1 N–H and O–H groups in total. The Kier molecular flexibility index (Phi) is 3.59. The van der Waals surface area contributed by atoms with Crippen LogP contribution in [0.25, 0.3) is 11.3 Å². The van der Waals surface area contributed by atoms with Crippen molar-refractivity contribution in [3.05, 3.63) is 41.4 Å². The van der Waals surface area contributed by atoms with Crippen LogP contribution in [0.2, 0.25) is 5.02 Å². The molecule has 100 valence electrons. The van der Waals surface area contributed by atoms with Gasteiger partial charge in [-0.3, -0.25) is 4.79 Å². The summed E-state index contributed by atoms with van der Waals surface area (Å²) in [6, 6.07) is 6.69.